The molecule has 1 N–H and O–H groups in total. The van der Waals surface area contributed by atoms with Gasteiger partial charge in [-0.15, -0.1) is 10.2 Å². The Bertz CT molecular complexity index is 555. The van der Waals surface area contributed by atoms with E-state index in [4.69, 9.17) is 0 Å². The Hall–Kier alpha value is -0.980. The molecule has 0 fully saturated rings. The Kier molecular flexibility index (Phi) is 4.90. The van der Waals surface area contributed by atoms with Crippen molar-refractivity contribution >= 4 is 23.1 Å². The van der Waals surface area contributed by atoms with Gasteiger partial charge in [0.1, 0.15) is 10.8 Å². The van der Waals surface area contributed by atoms with Crippen molar-refractivity contribution in [2.24, 2.45) is 0 Å². The minimum atomic E-state index is -0.210. The molecule has 1 heterocycles. The molecule has 0 unspecified atom stereocenters. The zero-order valence-corrected chi connectivity index (χ0v) is 12.7. The summed E-state index contributed by atoms with van der Waals surface area (Å²) in [7, 11) is 0. The van der Waals surface area contributed by atoms with Gasteiger partial charge >= 0.3 is 0 Å². The second-order valence-electron chi connectivity index (χ2n) is 4.48. The number of aryl methyl sites for hydroxylation is 1. The van der Waals surface area contributed by atoms with Gasteiger partial charge in [-0.25, -0.2) is 4.39 Å². The van der Waals surface area contributed by atoms with Gasteiger partial charge in [0.05, 0.1) is 0 Å². The average molecular weight is 297 g/mol. The molecule has 0 bridgehead atoms. The molecule has 102 valence electrons. The highest BCUT2D eigenvalue weighted by atomic mass is 32.2. The molecule has 19 heavy (non-hydrogen) atoms. The predicted molar refractivity (Wildman–Crippen MR) is 77.1 cm³/mol. The van der Waals surface area contributed by atoms with Crippen molar-refractivity contribution < 1.29 is 4.39 Å². The molecule has 0 radical (unpaired) electrons. The molecule has 0 saturated carbocycles. The molecule has 0 aliphatic carbocycles. The molecule has 6 heteroatoms. The number of halogens is 1. The molecule has 2 rings (SSSR count). The third kappa shape index (κ3) is 4.26. The van der Waals surface area contributed by atoms with E-state index in [1.165, 1.54) is 17.8 Å². The van der Waals surface area contributed by atoms with E-state index in [0.717, 1.165) is 19.8 Å². The summed E-state index contributed by atoms with van der Waals surface area (Å²) in [5.41, 5.74) is 0.951. The Balaban J connectivity index is 2.18. The van der Waals surface area contributed by atoms with Crippen LogP contribution < -0.4 is 5.32 Å². The summed E-state index contributed by atoms with van der Waals surface area (Å²) in [6.07, 6.45) is 0. The van der Waals surface area contributed by atoms with Gasteiger partial charge in [0.2, 0.25) is 0 Å². The van der Waals surface area contributed by atoms with E-state index in [0.29, 0.717) is 12.6 Å². The first-order valence-corrected chi connectivity index (χ1v) is 7.67. The second-order valence-corrected chi connectivity index (χ2v) is 6.95. The lowest BCUT2D eigenvalue weighted by molar-refractivity contribution is 0.576. The minimum Gasteiger partial charge on any atom is -0.310 e. The number of hydrogen-bond acceptors (Lipinski definition) is 5. The summed E-state index contributed by atoms with van der Waals surface area (Å²) in [6, 6.07) is 5.22. The van der Waals surface area contributed by atoms with Crippen molar-refractivity contribution in [3.05, 3.63) is 34.6 Å². The van der Waals surface area contributed by atoms with E-state index in [1.807, 2.05) is 6.92 Å². The van der Waals surface area contributed by atoms with Crippen molar-refractivity contribution in [3.63, 3.8) is 0 Å². The molecule has 0 saturated heterocycles. The summed E-state index contributed by atoms with van der Waals surface area (Å²) < 4.78 is 14.2. The van der Waals surface area contributed by atoms with E-state index >= 15 is 0 Å². The van der Waals surface area contributed by atoms with Gasteiger partial charge in [0, 0.05) is 17.5 Å². The van der Waals surface area contributed by atoms with Gasteiger partial charge in [0.15, 0.2) is 4.34 Å². The molecule has 0 atom stereocenters. The van der Waals surface area contributed by atoms with Crippen LogP contribution in [0.5, 0.6) is 0 Å². The number of hydrogen-bond donors (Lipinski definition) is 1. The van der Waals surface area contributed by atoms with Crippen LogP contribution >= 0.6 is 23.1 Å². The maximum atomic E-state index is 13.4. The smallest absolute Gasteiger partial charge is 0.179 e. The lowest BCUT2D eigenvalue weighted by Gasteiger charge is -2.11. The van der Waals surface area contributed by atoms with E-state index in [9.17, 15) is 4.39 Å². The van der Waals surface area contributed by atoms with Crippen molar-refractivity contribution in [3.8, 4) is 0 Å². The van der Waals surface area contributed by atoms with Crippen LogP contribution in [0.15, 0.2) is 27.4 Å². The normalized spacial score (nSPS) is 11.2. The van der Waals surface area contributed by atoms with Gasteiger partial charge in [-0.3, -0.25) is 0 Å². The Morgan fingerprint density at radius 1 is 1.37 bits per heavy atom. The van der Waals surface area contributed by atoms with Crippen molar-refractivity contribution in [2.75, 3.05) is 0 Å². The van der Waals surface area contributed by atoms with E-state index in [-0.39, 0.29) is 5.82 Å². The molecule has 1 aromatic heterocycles. The number of nitrogens with one attached hydrogen (secondary N) is 1. The minimum absolute atomic E-state index is 0.210. The van der Waals surface area contributed by atoms with Crippen LogP contribution in [0.25, 0.3) is 0 Å². The lowest BCUT2D eigenvalue weighted by Crippen LogP contribution is -2.22. The van der Waals surface area contributed by atoms with Crippen LogP contribution in [-0.4, -0.2) is 16.2 Å². The maximum Gasteiger partial charge on any atom is 0.179 e. The maximum absolute atomic E-state index is 13.4. The number of nitrogens with zero attached hydrogens (tertiary/aromatic N) is 2. The van der Waals surface area contributed by atoms with Gasteiger partial charge < -0.3 is 5.32 Å². The SMILES string of the molecule is Cc1nnc(Sc2ccc(F)cc2CNC(C)C)s1. The summed E-state index contributed by atoms with van der Waals surface area (Å²) in [4.78, 5) is 1.02. The summed E-state index contributed by atoms with van der Waals surface area (Å²) in [6.45, 7) is 6.71. The van der Waals surface area contributed by atoms with Crippen LogP contribution in [0, 0.1) is 12.7 Å². The van der Waals surface area contributed by atoms with E-state index < -0.39 is 0 Å². The Morgan fingerprint density at radius 2 is 2.16 bits per heavy atom. The van der Waals surface area contributed by atoms with Gasteiger partial charge in [-0.1, -0.05) is 36.9 Å². The summed E-state index contributed by atoms with van der Waals surface area (Å²) >= 11 is 3.08. The third-order valence-corrected chi connectivity index (χ3v) is 4.44. The molecule has 0 aliphatic heterocycles. The van der Waals surface area contributed by atoms with Crippen LogP contribution in [0.4, 0.5) is 4.39 Å². The fraction of sp³-hybridized carbons (Fsp3) is 0.385. The second kappa shape index (κ2) is 6.45. The highest BCUT2D eigenvalue weighted by molar-refractivity contribution is 8.01. The largest absolute Gasteiger partial charge is 0.310 e. The highest BCUT2D eigenvalue weighted by Crippen LogP contribution is 2.32. The Labute approximate surface area is 120 Å². The quantitative estimate of drug-likeness (QED) is 0.914. The van der Waals surface area contributed by atoms with Crippen molar-refractivity contribution in [2.45, 2.75) is 42.6 Å². The lowest BCUT2D eigenvalue weighted by atomic mass is 10.2. The summed E-state index contributed by atoms with van der Waals surface area (Å²) in [5, 5.41) is 12.3. The van der Waals surface area contributed by atoms with Gasteiger partial charge in [-0.2, -0.15) is 0 Å². The van der Waals surface area contributed by atoms with Gasteiger partial charge in [0.25, 0.3) is 0 Å². The Morgan fingerprint density at radius 3 is 2.79 bits per heavy atom. The van der Waals surface area contributed by atoms with Crippen molar-refractivity contribution in [1.29, 1.82) is 0 Å². The standard InChI is InChI=1S/C13H16FN3S2/c1-8(2)15-7-10-6-11(14)4-5-12(10)19-13-17-16-9(3)18-13/h4-6,8,15H,7H2,1-3H3. The van der Waals surface area contributed by atoms with E-state index in [2.05, 4.69) is 29.4 Å². The van der Waals surface area contributed by atoms with Crippen LogP contribution in [0.3, 0.4) is 0 Å². The fourth-order valence-electron chi connectivity index (χ4n) is 1.51. The monoisotopic (exact) mass is 297 g/mol. The third-order valence-electron chi connectivity index (χ3n) is 2.43. The van der Waals surface area contributed by atoms with E-state index in [1.54, 1.807) is 23.5 Å². The highest BCUT2D eigenvalue weighted by Gasteiger charge is 2.09. The molecular formula is C13H16FN3S2. The van der Waals surface area contributed by atoms with Crippen LogP contribution in [-0.2, 0) is 6.54 Å². The first-order chi connectivity index (χ1) is 9.04. The predicted octanol–water partition coefficient (Wildman–Crippen LogP) is 3.63. The number of aromatic nitrogens is 2. The first-order valence-electron chi connectivity index (χ1n) is 6.04. The zero-order valence-electron chi connectivity index (χ0n) is 11.1. The molecule has 1 aromatic carbocycles. The summed E-state index contributed by atoms with van der Waals surface area (Å²) in [5.74, 6) is -0.210. The number of rotatable bonds is 5. The van der Waals surface area contributed by atoms with Crippen LogP contribution in [0.2, 0.25) is 0 Å². The number of benzene rings is 1. The molecule has 0 amide bonds. The topological polar surface area (TPSA) is 37.8 Å². The van der Waals surface area contributed by atoms with Gasteiger partial charge in [-0.05, 0) is 30.7 Å². The fourth-order valence-corrected chi connectivity index (χ4v) is 3.40. The zero-order chi connectivity index (χ0) is 13.8. The van der Waals surface area contributed by atoms with Crippen molar-refractivity contribution in [1.82, 2.24) is 15.5 Å². The molecule has 0 spiro atoms. The average Bonchev–Trinajstić information content (AvgIpc) is 2.75. The first kappa shape index (κ1) is 14.4. The molecule has 2 aromatic rings. The van der Waals surface area contributed by atoms with Crippen LogP contribution in [0.1, 0.15) is 24.4 Å². The molecule has 3 nitrogen and oxygen atoms in total. The molecule has 0 aliphatic rings. The molecular weight excluding hydrogens is 281 g/mol.